The summed E-state index contributed by atoms with van der Waals surface area (Å²) in [6, 6.07) is 0. The molecular weight excluding hydrogens is 424 g/mol. The van der Waals surface area contributed by atoms with Gasteiger partial charge in [0.2, 0.25) is 5.79 Å². The van der Waals surface area contributed by atoms with Crippen molar-refractivity contribution in [3.63, 3.8) is 0 Å². The Kier molecular flexibility index (Phi) is 3.38. The van der Waals surface area contributed by atoms with Gasteiger partial charge in [-0.25, -0.2) is 4.79 Å². The Morgan fingerprint density at radius 1 is 0.909 bits per heavy atom. The molecule has 33 heavy (non-hydrogen) atoms. The monoisotopic (exact) mass is 458 g/mol. The maximum atomic E-state index is 13.6. The van der Waals surface area contributed by atoms with Crippen LogP contribution in [0.5, 0.6) is 0 Å². The molecule has 5 saturated carbocycles. The average Bonchev–Trinajstić information content (AvgIpc) is 3.64. The number of ketones is 1. The standard InChI is InChI=1S/C26H34O7/c1-23-5-4-10-18(20(28)19(27)14-7-15-16(31-15)9-24(10,14)2)13(23)6-12-11(23)8-17-26(32-17)25(12,3)21(29)22(30)33-26/h10-18,20-21,28-29H,4-9H2,1-3H3/t10?,11?,12-,13?,14-,15+,16-,17-,18?,20-,21-,23-,24-,25+,26+/m1/s1. The van der Waals surface area contributed by atoms with E-state index in [1.807, 2.05) is 6.92 Å². The molecule has 3 saturated heterocycles. The molecule has 180 valence electrons. The Morgan fingerprint density at radius 2 is 1.70 bits per heavy atom. The van der Waals surface area contributed by atoms with Gasteiger partial charge in [-0.15, -0.1) is 0 Å². The first-order chi connectivity index (χ1) is 15.6. The molecule has 15 atom stereocenters. The minimum absolute atomic E-state index is 0.0279. The number of aliphatic hydroxyl groups excluding tert-OH is 2. The minimum atomic E-state index is -1.18. The van der Waals surface area contributed by atoms with Crippen molar-refractivity contribution in [1.29, 1.82) is 0 Å². The fourth-order valence-corrected chi connectivity index (χ4v) is 10.9. The van der Waals surface area contributed by atoms with Crippen molar-refractivity contribution in [3.8, 4) is 0 Å². The van der Waals surface area contributed by atoms with Crippen LogP contribution in [0.3, 0.4) is 0 Å². The Bertz CT molecular complexity index is 997. The average molecular weight is 459 g/mol. The molecule has 5 aliphatic carbocycles. The first-order valence-corrected chi connectivity index (χ1v) is 13.0. The molecule has 0 bridgehead atoms. The molecule has 8 aliphatic rings. The fraction of sp³-hybridized carbons (Fsp3) is 0.923. The third kappa shape index (κ3) is 1.97. The highest BCUT2D eigenvalue weighted by molar-refractivity contribution is 5.88. The number of ether oxygens (including phenoxy) is 3. The topological polar surface area (TPSA) is 109 Å². The molecule has 0 radical (unpaired) electrons. The predicted octanol–water partition coefficient (Wildman–Crippen LogP) is 1.82. The van der Waals surface area contributed by atoms with Crippen LogP contribution < -0.4 is 0 Å². The summed E-state index contributed by atoms with van der Waals surface area (Å²) in [6.07, 6.45) is 3.63. The molecule has 7 nitrogen and oxygen atoms in total. The van der Waals surface area contributed by atoms with Crippen molar-refractivity contribution < 1.29 is 34.0 Å². The van der Waals surface area contributed by atoms with Crippen molar-refractivity contribution in [1.82, 2.24) is 0 Å². The van der Waals surface area contributed by atoms with E-state index in [1.54, 1.807) is 0 Å². The summed E-state index contributed by atoms with van der Waals surface area (Å²) >= 11 is 0. The Morgan fingerprint density at radius 3 is 2.48 bits per heavy atom. The van der Waals surface area contributed by atoms with Gasteiger partial charge in [-0.3, -0.25) is 4.79 Å². The van der Waals surface area contributed by atoms with Crippen LogP contribution in [0.25, 0.3) is 0 Å². The van der Waals surface area contributed by atoms with Gasteiger partial charge in [0.15, 0.2) is 11.9 Å². The number of aliphatic hydroxyl groups is 2. The van der Waals surface area contributed by atoms with Crippen LogP contribution in [0, 0.1) is 51.8 Å². The molecule has 0 amide bonds. The lowest BCUT2D eigenvalue weighted by molar-refractivity contribution is -0.177. The third-order valence-corrected chi connectivity index (χ3v) is 12.8. The van der Waals surface area contributed by atoms with Gasteiger partial charge in [0, 0.05) is 5.92 Å². The smallest absolute Gasteiger partial charge is 0.338 e. The zero-order valence-corrected chi connectivity index (χ0v) is 19.5. The predicted molar refractivity (Wildman–Crippen MR) is 112 cm³/mol. The summed E-state index contributed by atoms with van der Waals surface area (Å²) in [4.78, 5) is 26.0. The van der Waals surface area contributed by atoms with E-state index in [0.29, 0.717) is 5.92 Å². The first-order valence-electron chi connectivity index (χ1n) is 13.0. The zero-order valence-electron chi connectivity index (χ0n) is 19.5. The first kappa shape index (κ1) is 20.2. The maximum absolute atomic E-state index is 13.6. The third-order valence-electron chi connectivity index (χ3n) is 12.8. The maximum Gasteiger partial charge on any atom is 0.338 e. The minimum Gasteiger partial charge on any atom is -0.427 e. The summed E-state index contributed by atoms with van der Waals surface area (Å²) in [7, 11) is 0. The molecule has 1 spiro atoms. The SMILES string of the molecule is C[C@]12CCC3C(C1C[C@@H]1C2C[C@H]2O[C@]24OC(=O)[C@@H](O)[C@]14C)[C@@H](O)C(=O)[C@H]1C[C@@H]2O[C@@H]2C[C@]31C. The summed E-state index contributed by atoms with van der Waals surface area (Å²) < 4.78 is 17.5. The Labute approximate surface area is 193 Å². The van der Waals surface area contributed by atoms with Crippen molar-refractivity contribution in [3.05, 3.63) is 0 Å². The Balaban J connectivity index is 1.21. The molecule has 8 fully saturated rings. The molecule has 3 aliphatic heterocycles. The van der Waals surface area contributed by atoms with E-state index >= 15 is 0 Å². The normalized spacial score (nSPS) is 68.3. The van der Waals surface area contributed by atoms with E-state index in [4.69, 9.17) is 14.2 Å². The highest BCUT2D eigenvalue weighted by Gasteiger charge is 2.86. The lowest BCUT2D eigenvalue weighted by Crippen LogP contribution is -2.62. The Hall–Kier alpha value is -1.02. The van der Waals surface area contributed by atoms with Gasteiger partial charge in [-0.2, -0.15) is 0 Å². The molecule has 0 aromatic carbocycles. The van der Waals surface area contributed by atoms with Gasteiger partial charge in [0.05, 0.1) is 17.6 Å². The van der Waals surface area contributed by atoms with E-state index in [2.05, 4.69) is 13.8 Å². The number of epoxide rings is 2. The second-order valence-corrected chi connectivity index (χ2v) is 13.5. The fourth-order valence-electron chi connectivity index (χ4n) is 10.9. The summed E-state index contributed by atoms with van der Waals surface area (Å²) in [5.41, 5.74) is -0.935. The second-order valence-electron chi connectivity index (χ2n) is 13.5. The molecule has 4 unspecified atom stereocenters. The van der Waals surface area contributed by atoms with E-state index in [-0.39, 0.29) is 64.5 Å². The van der Waals surface area contributed by atoms with Gasteiger partial charge >= 0.3 is 5.97 Å². The lowest BCUT2D eigenvalue weighted by Gasteiger charge is -2.60. The molecule has 0 aromatic heterocycles. The van der Waals surface area contributed by atoms with Gasteiger partial charge in [0.25, 0.3) is 0 Å². The highest BCUT2D eigenvalue weighted by atomic mass is 16.8. The van der Waals surface area contributed by atoms with Crippen LogP contribution in [0.4, 0.5) is 0 Å². The zero-order chi connectivity index (χ0) is 22.9. The summed E-state index contributed by atoms with van der Waals surface area (Å²) in [5.74, 6) is -0.834. The van der Waals surface area contributed by atoms with E-state index in [1.165, 1.54) is 0 Å². The number of hydrogen-bond acceptors (Lipinski definition) is 7. The molecule has 0 aromatic rings. The molecular formula is C26H34O7. The summed E-state index contributed by atoms with van der Waals surface area (Å²) in [5, 5.41) is 22.5. The van der Waals surface area contributed by atoms with Crippen LogP contribution >= 0.6 is 0 Å². The van der Waals surface area contributed by atoms with Crippen LogP contribution in [-0.4, -0.2) is 58.3 Å². The van der Waals surface area contributed by atoms with Gasteiger partial charge in [-0.05, 0) is 85.9 Å². The van der Waals surface area contributed by atoms with Crippen LogP contribution in [0.1, 0.15) is 59.3 Å². The van der Waals surface area contributed by atoms with Crippen LogP contribution in [0.2, 0.25) is 0 Å². The quantitative estimate of drug-likeness (QED) is 0.421. The van der Waals surface area contributed by atoms with Gasteiger partial charge in [0.1, 0.15) is 12.2 Å². The number of carbonyl (C=O) groups is 2. The van der Waals surface area contributed by atoms with Gasteiger partial charge < -0.3 is 24.4 Å². The van der Waals surface area contributed by atoms with Gasteiger partial charge in [-0.1, -0.05) is 13.8 Å². The van der Waals surface area contributed by atoms with Crippen molar-refractivity contribution in [2.24, 2.45) is 51.8 Å². The molecule has 2 N–H and O–H groups in total. The second kappa shape index (κ2) is 5.53. The number of rotatable bonds is 0. The largest absolute Gasteiger partial charge is 0.427 e. The summed E-state index contributed by atoms with van der Waals surface area (Å²) in [6.45, 7) is 6.60. The van der Waals surface area contributed by atoms with E-state index in [0.717, 1.165) is 38.5 Å². The van der Waals surface area contributed by atoms with Crippen LogP contribution in [-0.2, 0) is 23.8 Å². The lowest BCUT2D eigenvalue weighted by atomic mass is 9.43. The van der Waals surface area contributed by atoms with Crippen molar-refractivity contribution >= 4 is 11.8 Å². The molecule has 3 heterocycles. The van der Waals surface area contributed by atoms with Crippen LogP contribution in [0.15, 0.2) is 0 Å². The van der Waals surface area contributed by atoms with E-state index in [9.17, 15) is 19.8 Å². The molecule has 7 heteroatoms. The number of esters is 1. The van der Waals surface area contributed by atoms with E-state index < -0.39 is 29.4 Å². The number of fused-ring (bicyclic) bond motifs is 9. The molecule has 8 rings (SSSR count). The number of hydrogen-bond donors (Lipinski definition) is 2. The number of Topliss-reactive ketones (excluding diaryl/α,β-unsaturated/α-hetero) is 1. The highest BCUT2D eigenvalue weighted by Crippen LogP contribution is 2.77. The van der Waals surface area contributed by atoms with Crippen molar-refractivity contribution in [2.45, 2.75) is 95.6 Å². The van der Waals surface area contributed by atoms with Crippen molar-refractivity contribution in [2.75, 3.05) is 0 Å². The number of carbonyl (C=O) groups excluding carboxylic acids is 2.